The predicted octanol–water partition coefficient (Wildman–Crippen LogP) is 4.74. The van der Waals surface area contributed by atoms with E-state index in [2.05, 4.69) is 15.2 Å². The van der Waals surface area contributed by atoms with Crippen molar-refractivity contribution >= 4 is 10.8 Å². The van der Waals surface area contributed by atoms with Crippen molar-refractivity contribution < 1.29 is 8.78 Å². The Hall–Kier alpha value is -4.20. The zero-order chi connectivity index (χ0) is 23.3. The van der Waals surface area contributed by atoms with E-state index in [-0.39, 0.29) is 16.8 Å². The summed E-state index contributed by atoms with van der Waals surface area (Å²) < 4.78 is 31.3. The van der Waals surface area contributed by atoms with Gasteiger partial charge in [-0.15, -0.1) is 0 Å². The average molecular weight is 443 g/mol. The summed E-state index contributed by atoms with van der Waals surface area (Å²) in [5.41, 5.74) is 3.75. The van der Waals surface area contributed by atoms with Crippen LogP contribution in [0, 0.1) is 25.5 Å². The van der Waals surface area contributed by atoms with E-state index >= 15 is 0 Å². The summed E-state index contributed by atoms with van der Waals surface area (Å²) in [6, 6.07) is 10.3. The molecule has 6 nitrogen and oxygen atoms in total. The lowest BCUT2D eigenvalue weighted by Crippen LogP contribution is -2.22. The van der Waals surface area contributed by atoms with Crippen LogP contribution in [0.15, 0.2) is 65.8 Å². The Morgan fingerprint density at radius 3 is 2.39 bits per heavy atom. The van der Waals surface area contributed by atoms with Gasteiger partial charge in [0.25, 0.3) is 5.56 Å². The van der Waals surface area contributed by atoms with Crippen molar-refractivity contribution in [3.63, 3.8) is 0 Å². The van der Waals surface area contributed by atoms with E-state index in [4.69, 9.17) is 0 Å². The van der Waals surface area contributed by atoms with E-state index in [1.165, 1.54) is 16.8 Å². The molecular formula is C25H19F2N5O. The minimum Gasteiger partial charge on any atom is -0.275 e. The Morgan fingerprint density at radius 2 is 1.70 bits per heavy atom. The number of aromatic nitrogens is 5. The third-order valence-corrected chi connectivity index (χ3v) is 5.69. The highest BCUT2D eigenvalue weighted by Crippen LogP contribution is 2.30. The SMILES string of the molecule is Cc1cc2c(-c3ccc(F)cc3F)nn(-c3ccnc(-c4cnn(C)c4)c3)c(=O)c2cc1C. The first-order valence-corrected chi connectivity index (χ1v) is 10.3. The molecule has 3 aromatic heterocycles. The largest absolute Gasteiger partial charge is 0.279 e. The van der Waals surface area contributed by atoms with Crippen molar-refractivity contribution in [1.82, 2.24) is 24.5 Å². The Labute approximate surface area is 187 Å². The second kappa shape index (κ2) is 7.74. The van der Waals surface area contributed by atoms with Crippen LogP contribution < -0.4 is 5.56 Å². The van der Waals surface area contributed by atoms with Gasteiger partial charge in [-0.25, -0.2) is 8.78 Å². The Bertz CT molecular complexity index is 1600. The summed E-state index contributed by atoms with van der Waals surface area (Å²) in [4.78, 5) is 17.8. The first-order valence-electron chi connectivity index (χ1n) is 10.3. The number of aryl methyl sites for hydroxylation is 3. The van der Waals surface area contributed by atoms with Gasteiger partial charge in [0.15, 0.2) is 0 Å². The molecule has 33 heavy (non-hydrogen) atoms. The fourth-order valence-corrected chi connectivity index (χ4v) is 3.82. The van der Waals surface area contributed by atoms with Crippen molar-refractivity contribution in [2.45, 2.75) is 13.8 Å². The van der Waals surface area contributed by atoms with E-state index in [1.807, 2.05) is 26.1 Å². The molecule has 0 atom stereocenters. The van der Waals surface area contributed by atoms with Gasteiger partial charge >= 0.3 is 0 Å². The number of hydrogen-bond acceptors (Lipinski definition) is 4. The molecule has 0 aliphatic heterocycles. The molecule has 0 unspecified atom stereocenters. The first kappa shape index (κ1) is 20.7. The number of nitrogens with zero attached hydrogens (tertiary/aromatic N) is 5. The van der Waals surface area contributed by atoms with Gasteiger partial charge in [0.05, 0.1) is 23.0 Å². The normalized spacial score (nSPS) is 11.3. The van der Waals surface area contributed by atoms with Gasteiger partial charge in [-0.3, -0.25) is 14.5 Å². The number of pyridine rings is 1. The summed E-state index contributed by atoms with van der Waals surface area (Å²) in [6.45, 7) is 3.82. The van der Waals surface area contributed by atoms with Crippen molar-refractivity contribution in [2.75, 3.05) is 0 Å². The standard InChI is InChI=1S/C25H19F2N5O/c1-14-8-20-21(9-15(14)2)25(33)32(30-24(20)19-5-4-17(26)10-22(19)27)18-6-7-28-23(11-18)16-12-29-31(3)13-16/h4-13H,1-3H3. The van der Waals surface area contributed by atoms with Crippen LogP contribution in [-0.2, 0) is 7.05 Å². The minimum absolute atomic E-state index is 0.111. The predicted molar refractivity (Wildman–Crippen MR) is 122 cm³/mol. The highest BCUT2D eigenvalue weighted by atomic mass is 19.1. The van der Waals surface area contributed by atoms with Crippen LogP contribution in [0.3, 0.4) is 0 Å². The molecule has 164 valence electrons. The lowest BCUT2D eigenvalue weighted by Gasteiger charge is -2.14. The van der Waals surface area contributed by atoms with Crippen LogP contribution in [0.5, 0.6) is 0 Å². The number of benzene rings is 2. The lowest BCUT2D eigenvalue weighted by atomic mass is 9.99. The molecule has 0 radical (unpaired) electrons. The highest BCUT2D eigenvalue weighted by Gasteiger charge is 2.18. The summed E-state index contributed by atoms with van der Waals surface area (Å²) in [5.74, 6) is -1.44. The monoisotopic (exact) mass is 443 g/mol. The van der Waals surface area contributed by atoms with Gasteiger partial charge < -0.3 is 0 Å². The molecule has 3 heterocycles. The Kier molecular flexibility index (Phi) is 4.85. The fraction of sp³-hybridized carbons (Fsp3) is 0.120. The van der Waals surface area contributed by atoms with Crippen LogP contribution in [0.2, 0.25) is 0 Å². The number of fused-ring (bicyclic) bond motifs is 1. The fourth-order valence-electron chi connectivity index (χ4n) is 3.82. The van der Waals surface area contributed by atoms with Crippen molar-refractivity contribution in [1.29, 1.82) is 0 Å². The van der Waals surface area contributed by atoms with Crippen LogP contribution in [0.1, 0.15) is 11.1 Å². The van der Waals surface area contributed by atoms with Crippen molar-refractivity contribution in [2.24, 2.45) is 7.05 Å². The van der Waals surface area contributed by atoms with Gasteiger partial charge in [-0.05, 0) is 61.4 Å². The van der Waals surface area contributed by atoms with E-state index in [0.717, 1.165) is 22.8 Å². The quantitative estimate of drug-likeness (QED) is 0.404. The molecule has 0 aliphatic rings. The molecule has 5 rings (SSSR count). The molecule has 0 aliphatic carbocycles. The summed E-state index contributed by atoms with van der Waals surface area (Å²) in [6.07, 6.45) is 5.07. The molecule has 0 N–H and O–H groups in total. The van der Waals surface area contributed by atoms with Gasteiger partial charge in [0.1, 0.15) is 17.3 Å². The maximum Gasteiger partial charge on any atom is 0.279 e. The molecule has 0 amide bonds. The molecule has 0 saturated carbocycles. The van der Waals surface area contributed by atoms with Crippen LogP contribution in [-0.4, -0.2) is 24.5 Å². The molecule has 0 fully saturated rings. The number of hydrogen-bond donors (Lipinski definition) is 0. The topological polar surface area (TPSA) is 65.6 Å². The second-order valence-electron chi connectivity index (χ2n) is 7.97. The summed E-state index contributed by atoms with van der Waals surface area (Å²) in [7, 11) is 1.80. The van der Waals surface area contributed by atoms with Crippen molar-refractivity contribution in [3.05, 3.63) is 94.2 Å². The van der Waals surface area contributed by atoms with E-state index in [1.54, 1.807) is 42.3 Å². The third kappa shape index (κ3) is 3.59. The molecule has 0 spiro atoms. The third-order valence-electron chi connectivity index (χ3n) is 5.69. The maximum atomic E-state index is 14.8. The number of halogens is 2. The molecule has 0 bridgehead atoms. The van der Waals surface area contributed by atoms with Gasteiger partial charge in [0, 0.05) is 42.0 Å². The molecule has 8 heteroatoms. The minimum atomic E-state index is -0.752. The smallest absolute Gasteiger partial charge is 0.275 e. The first-order chi connectivity index (χ1) is 15.8. The summed E-state index contributed by atoms with van der Waals surface area (Å²) >= 11 is 0. The van der Waals surface area contributed by atoms with Crippen LogP contribution >= 0.6 is 0 Å². The second-order valence-corrected chi connectivity index (χ2v) is 7.97. The van der Waals surface area contributed by atoms with Crippen LogP contribution in [0.4, 0.5) is 8.78 Å². The number of rotatable bonds is 3. The van der Waals surface area contributed by atoms with E-state index < -0.39 is 11.6 Å². The zero-order valence-corrected chi connectivity index (χ0v) is 18.2. The molecule has 2 aromatic carbocycles. The van der Waals surface area contributed by atoms with Crippen LogP contribution in [0.25, 0.3) is 39.0 Å². The van der Waals surface area contributed by atoms with E-state index in [0.29, 0.717) is 22.2 Å². The maximum absolute atomic E-state index is 14.8. The zero-order valence-electron chi connectivity index (χ0n) is 18.2. The Balaban J connectivity index is 1.81. The average Bonchev–Trinajstić information content (AvgIpc) is 3.22. The van der Waals surface area contributed by atoms with E-state index in [9.17, 15) is 13.6 Å². The lowest BCUT2D eigenvalue weighted by molar-refractivity contribution is 0.585. The summed E-state index contributed by atoms with van der Waals surface area (Å²) in [5, 5.41) is 9.60. The Morgan fingerprint density at radius 1 is 0.939 bits per heavy atom. The van der Waals surface area contributed by atoms with Gasteiger partial charge in [-0.2, -0.15) is 14.9 Å². The van der Waals surface area contributed by atoms with Crippen molar-refractivity contribution in [3.8, 4) is 28.2 Å². The van der Waals surface area contributed by atoms with Gasteiger partial charge in [-0.1, -0.05) is 0 Å². The van der Waals surface area contributed by atoms with Gasteiger partial charge in [0.2, 0.25) is 0 Å². The highest BCUT2D eigenvalue weighted by molar-refractivity contribution is 5.95. The molecule has 0 saturated heterocycles. The molecule has 5 aromatic rings. The molecular weight excluding hydrogens is 424 g/mol.